The van der Waals surface area contributed by atoms with Crippen LogP contribution in [0.4, 0.5) is 0 Å². The van der Waals surface area contributed by atoms with Gasteiger partial charge in [-0.15, -0.1) is 15.3 Å². The second kappa shape index (κ2) is 3.63. The van der Waals surface area contributed by atoms with Gasteiger partial charge in [0.25, 0.3) is 0 Å². The third-order valence-corrected chi connectivity index (χ3v) is 3.27. The standard InChI is InChI=1S/C12H14N6/c1-7-8(2)15-17(9(7)3)12-6-5-11-14-13-10(4)18(11)16-12/h5-6H,1-4H3. The Bertz CT molecular complexity index is 736. The Kier molecular flexibility index (Phi) is 2.19. The van der Waals surface area contributed by atoms with Gasteiger partial charge < -0.3 is 0 Å². The van der Waals surface area contributed by atoms with Gasteiger partial charge in [0.1, 0.15) is 0 Å². The molecule has 3 aromatic rings. The van der Waals surface area contributed by atoms with Crippen molar-refractivity contribution in [1.82, 2.24) is 29.6 Å². The van der Waals surface area contributed by atoms with E-state index >= 15 is 0 Å². The highest BCUT2D eigenvalue weighted by molar-refractivity contribution is 5.40. The van der Waals surface area contributed by atoms with Crippen LogP contribution in [0.5, 0.6) is 0 Å². The molecule has 0 aliphatic rings. The lowest BCUT2D eigenvalue weighted by molar-refractivity contribution is 0.755. The Labute approximate surface area is 104 Å². The van der Waals surface area contributed by atoms with Crippen molar-refractivity contribution in [3.8, 4) is 5.82 Å². The van der Waals surface area contributed by atoms with Gasteiger partial charge in [-0.05, 0) is 45.4 Å². The number of nitrogens with zero attached hydrogens (tertiary/aromatic N) is 6. The van der Waals surface area contributed by atoms with Crippen LogP contribution >= 0.6 is 0 Å². The smallest absolute Gasteiger partial charge is 0.178 e. The maximum atomic E-state index is 4.51. The van der Waals surface area contributed by atoms with Crippen molar-refractivity contribution in [2.24, 2.45) is 0 Å². The molecule has 0 radical (unpaired) electrons. The monoisotopic (exact) mass is 242 g/mol. The van der Waals surface area contributed by atoms with Crippen LogP contribution in [-0.4, -0.2) is 29.6 Å². The zero-order valence-corrected chi connectivity index (χ0v) is 10.8. The molecule has 3 heterocycles. The number of hydrogen-bond donors (Lipinski definition) is 0. The first-order chi connectivity index (χ1) is 8.58. The lowest BCUT2D eigenvalue weighted by Crippen LogP contribution is -2.06. The molecule has 92 valence electrons. The average molecular weight is 242 g/mol. The van der Waals surface area contributed by atoms with Crippen LogP contribution in [-0.2, 0) is 0 Å². The SMILES string of the molecule is Cc1nn(-c2ccc3nnc(C)n3n2)c(C)c1C. The largest absolute Gasteiger partial charge is 0.217 e. The zero-order chi connectivity index (χ0) is 12.9. The summed E-state index contributed by atoms with van der Waals surface area (Å²) in [6, 6.07) is 3.80. The van der Waals surface area contributed by atoms with Crippen molar-refractivity contribution < 1.29 is 0 Å². The van der Waals surface area contributed by atoms with Crippen LogP contribution < -0.4 is 0 Å². The minimum Gasteiger partial charge on any atom is -0.217 e. The Hall–Kier alpha value is -2.24. The summed E-state index contributed by atoms with van der Waals surface area (Å²) < 4.78 is 3.57. The summed E-state index contributed by atoms with van der Waals surface area (Å²) in [4.78, 5) is 0. The van der Waals surface area contributed by atoms with Crippen LogP contribution in [0.2, 0.25) is 0 Å². The van der Waals surface area contributed by atoms with Crippen molar-refractivity contribution in [2.45, 2.75) is 27.7 Å². The molecule has 3 rings (SSSR count). The predicted molar refractivity (Wildman–Crippen MR) is 66.9 cm³/mol. The maximum Gasteiger partial charge on any atom is 0.178 e. The Balaban J connectivity index is 2.24. The molecule has 3 aromatic heterocycles. The van der Waals surface area contributed by atoms with Gasteiger partial charge in [-0.25, -0.2) is 4.68 Å². The molecule has 0 aliphatic carbocycles. The molecule has 0 bridgehead atoms. The molecule has 0 aliphatic heterocycles. The normalized spacial score (nSPS) is 11.3. The molecule has 0 fully saturated rings. The zero-order valence-electron chi connectivity index (χ0n) is 10.8. The van der Waals surface area contributed by atoms with Crippen molar-refractivity contribution >= 4 is 5.65 Å². The van der Waals surface area contributed by atoms with Crippen LogP contribution in [0.1, 0.15) is 22.8 Å². The fourth-order valence-electron chi connectivity index (χ4n) is 1.94. The molecule has 6 heteroatoms. The van der Waals surface area contributed by atoms with Crippen LogP contribution in [0.25, 0.3) is 11.5 Å². The first-order valence-electron chi connectivity index (χ1n) is 5.80. The summed E-state index contributed by atoms with van der Waals surface area (Å²) >= 11 is 0. The van der Waals surface area contributed by atoms with Gasteiger partial charge in [-0.2, -0.15) is 9.61 Å². The molecule has 0 unspecified atom stereocenters. The minimum atomic E-state index is 0.745. The molecule has 0 spiro atoms. The molecule has 0 saturated heterocycles. The van der Waals surface area contributed by atoms with Gasteiger partial charge >= 0.3 is 0 Å². The predicted octanol–water partition coefficient (Wildman–Crippen LogP) is 1.54. The number of fused-ring (bicyclic) bond motifs is 1. The van der Waals surface area contributed by atoms with Gasteiger partial charge in [0.2, 0.25) is 0 Å². The quantitative estimate of drug-likeness (QED) is 0.649. The summed E-state index contributed by atoms with van der Waals surface area (Å²) in [5, 5.41) is 17.0. The van der Waals surface area contributed by atoms with Crippen LogP contribution in [0, 0.1) is 27.7 Å². The maximum absolute atomic E-state index is 4.51. The van der Waals surface area contributed by atoms with E-state index in [-0.39, 0.29) is 0 Å². The molecular formula is C12H14N6. The van der Waals surface area contributed by atoms with Gasteiger partial charge in [0, 0.05) is 5.69 Å². The Morgan fingerprint density at radius 1 is 0.944 bits per heavy atom. The fourth-order valence-corrected chi connectivity index (χ4v) is 1.94. The Morgan fingerprint density at radius 3 is 2.39 bits per heavy atom. The van der Waals surface area contributed by atoms with E-state index < -0.39 is 0 Å². The van der Waals surface area contributed by atoms with Crippen molar-refractivity contribution in [3.63, 3.8) is 0 Å². The molecule has 0 N–H and O–H groups in total. The summed E-state index contributed by atoms with van der Waals surface area (Å²) in [6.45, 7) is 7.99. The lowest BCUT2D eigenvalue weighted by Gasteiger charge is -2.04. The molecule has 18 heavy (non-hydrogen) atoms. The van der Waals surface area contributed by atoms with Crippen molar-refractivity contribution in [3.05, 3.63) is 34.9 Å². The average Bonchev–Trinajstić information content (AvgIpc) is 2.86. The molecule has 0 saturated carbocycles. The number of aromatic nitrogens is 6. The number of rotatable bonds is 1. The summed E-state index contributed by atoms with van der Waals surface area (Å²) in [5.41, 5.74) is 4.06. The van der Waals surface area contributed by atoms with Crippen LogP contribution in [0.3, 0.4) is 0 Å². The summed E-state index contributed by atoms with van der Waals surface area (Å²) in [6.07, 6.45) is 0. The highest BCUT2D eigenvalue weighted by Gasteiger charge is 2.11. The second-order valence-corrected chi connectivity index (χ2v) is 4.42. The van der Waals surface area contributed by atoms with Gasteiger partial charge in [0.15, 0.2) is 17.3 Å². The minimum absolute atomic E-state index is 0.745. The molecule has 0 atom stereocenters. The highest BCUT2D eigenvalue weighted by atomic mass is 15.4. The third kappa shape index (κ3) is 1.42. The van der Waals surface area contributed by atoms with Gasteiger partial charge in [0.05, 0.1) is 5.69 Å². The lowest BCUT2D eigenvalue weighted by atomic mass is 10.2. The van der Waals surface area contributed by atoms with Gasteiger partial charge in [-0.3, -0.25) is 0 Å². The molecular weight excluding hydrogens is 228 g/mol. The second-order valence-electron chi connectivity index (χ2n) is 4.42. The van der Waals surface area contributed by atoms with Crippen molar-refractivity contribution in [1.29, 1.82) is 0 Å². The Morgan fingerprint density at radius 2 is 1.72 bits per heavy atom. The van der Waals surface area contributed by atoms with E-state index in [4.69, 9.17) is 0 Å². The van der Waals surface area contributed by atoms with E-state index in [1.807, 2.05) is 37.6 Å². The van der Waals surface area contributed by atoms with Gasteiger partial charge in [-0.1, -0.05) is 0 Å². The van der Waals surface area contributed by atoms with Crippen LogP contribution in [0.15, 0.2) is 12.1 Å². The number of hydrogen-bond acceptors (Lipinski definition) is 4. The van der Waals surface area contributed by atoms with E-state index in [1.54, 1.807) is 4.52 Å². The summed E-state index contributed by atoms with van der Waals surface area (Å²) in [5.74, 6) is 1.55. The van der Waals surface area contributed by atoms with E-state index in [0.29, 0.717) is 0 Å². The molecule has 0 amide bonds. The number of aryl methyl sites for hydroxylation is 2. The fraction of sp³-hybridized carbons (Fsp3) is 0.333. The van der Waals surface area contributed by atoms with E-state index in [9.17, 15) is 0 Å². The van der Waals surface area contributed by atoms with E-state index in [2.05, 4.69) is 27.3 Å². The first kappa shape index (κ1) is 10.9. The summed E-state index contributed by atoms with van der Waals surface area (Å²) in [7, 11) is 0. The van der Waals surface area contributed by atoms with E-state index in [0.717, 1.165) is 28.7 Å². The topological polar surface area (TPSA) is 60.9 Å². The third-order valence-electron chi connectivity index (χ3n) is 3.27. The first-order valence-corrected chi connectivity index (χ1v) is 5.80. The van der Waals surface area contributed by atoms with E-state index in [1.165, 1.54) is 5.56 Å². The highest BCUT2D eigenvalue weighted by Crippen LogP contribution is 2.15. The van der Waals surface area contributed by atoms with Crippen molar-refractivity contribution in [2.75, 3.05) is 0 Å². The molecule has 0 aromatic carbocycles. The molecule has 6 nitrogen and oxygen atoms in total.